The molecule has 25 heavy (non-hydrogen) atoms. The lowest BCUT2D eigenvalue weighted by Crippen LogP contribution is -2.45. The van der Waals surface area contributed by atoms with E-state index in [0.717, 1.165) is 42.5 Å². The van der Waals surface area contributed by atoms with Gasteiger partial charge in [-0.3, -0.25) is 19.5 Å². The Morgan fingerprint density at radius 2 is 2.12 bits per heavy atom. The predicted octanol–water partition coefficient (Wildman–Crippen LogP) is 1.96. The monoisotopic (exact) mass is 362 g/mol. The second kappa shape index (κ2) is 7.35. The normalized spacial score (nSPS) is 14.8. The number of thiophene rings is 1. The highest BCUT2D eigenvalue weighted by atomic mass is 32.1. The van der Waals surface area contributed by atoms with E-state index in [2.05, 4.69) is 15.6 Å². The summed E-state index contributed by atoms with van der Waals surface area (Å²) in [5.74, 6) is -0.534. The highest BCUT2D eigenvalue weighted by molar-refractivity contribution is 7.18. The Kier molecular flexibility index (Phi) is 5.17. The van der Waals surface area contributed by atoms with Crippen LogP contribution < -0.4 is 16.2 Å². The van der Waals surface area contributed by atoms with Crippen molar-refractivity contribution in [3.05, 3.63) is 27.1 Å². The zero-order chi connectivity index (χ0) is 18.0. The van der Waals surface area contributed by atoms with Crippen molar-refractivity contribution in [3.63, 3.8) is 0 Å². The highest BCUT2D eigenvalue weighted by Gasteiger charge is 2.20. The summed E-state index contributed by atoms with van der Waals surface area (Å²) in [5, 5.41) is 5.54. The van der Waals surface area contributed by atoms with Gasteiger partial charge in [-0.15, -0.1) is 11.3 Å². The van der Waals surface area contributed by atoms with Gasteiger partial charge in [0.05, 0.1) is 11.7 Å². The summed E-state index contributed by atoms with van der Waals surface area (Å²) in [5.41, 5.74) is 0.884. The molecular weight excluding hydrogens is 340 g/mol. The molecule has 1 aliphatic carbocycles. The van der Waals surface area contributed by atoms with E-state index >= 15 is 0 Å². The molecule has 0 fully saturated rings. The quantitative estimate of drug-likeness (QED) is 0.869. The molecule has 2 heterocycles. The maximum atomic E-state index is 12.8. The van der Waals surface area contributed by atoms with E-state index < -0.39 is 11.9 Å². The molecule has 134 valence electrons. The fourth-order valence-electron chi connectivity index (χ4n) is 2.98. The maximum Gasteiger partial charge on any atom is 0.321 e. The number of carbonyl (C=O) groups is 2. The van der Waals surface area contributed by atoms with Gasteiger partial charge in [-0.25, -0.2) is 9.78 Å². The van der Waals surface area contributed by atoms with Gasteiger partial charge < -0.3 is 5.32 Å². The van der Waals surface area contributed by atoms with Crippen LogP contribution in [0.3, 0.4) is 0 Å². The van der Waals surface area contributed by atoms with E-state index in [1.807, 2.05) is 13.8 Å². The van der Waals surface area contributed by atoms with E-state index in [9.17, 15) is 14.4 Å². The Morgan fingerprint density at radius 1 is 1.36 bits per heavy atom. The van der Waals surface area contributed by atoms with Gasteiger partial charge in [-0.1, -0.05) is 6.92 Å². The molecule has 2 aromatic rings. The smallest absolute Gasteiger partial charge is 0.321 e. The fraction of sp³-hybridized carbons (Fsp3) is 0.529. The second-order valence-corrected chi connectivity index (χ2v) is 7.48. The molecule has 1 atom stereocenters. The third-order valence-electron chi connectivity index (χ3n) is 4.50. The second-order valence-electron chi connectivity index (χ2n) is 6.40. The third-order valence-corrected chi connectivity index (χ3v) is 5.70. The van der Waals surface area contributed by atoms with Crippen molar-refractivity contribution < 1.29 is 9.59 Å². The highest BCUT2D eigenvalue weighted by Crippen LogP contribution is 2.33. The van der Waals surface area contributed by atoms with Crippen molar-refractivity contribution in [1.82, 2.24) is 20.2 Å². The number of hydrogen-bond acceptors (Lipinski definition) is 5. The molecule has 0 saturated heterocycles. The first-order valence-corrected chi connectivity index (χ1v) is 9.41. The van der Waals surface area contributed by atoms with Crippen LogP contribution in [-0.2, 0) is 24.2 Å². The van der Waals surface area contributed by atoms with Crippen LogP contribution in [0.15, 0.2) is 11.1 Å². The number of hydrogen-bond donors (Lipinski definition) is 2. The Balaban J connectivity index is 1.78. The van der Waals surface area contributed by atoms with Crippen LogP contribution in [-0.4, -0.2) is 27.5 Å². The lowest BCUT2D eigenvalue weighted by molar-refractivity contribution is -0.120. The minimum Gasteiger partial charge on any atom is -0.335 e. The van der Waals surface area contributed by atoms with E-state index in [-0.39, 0.29) is 18.1 Å². The average Bonchev–Trinajstić information content (AvgIpc) is 2.96. The first-order valence-electron chi connectivity index (χ1n) is 8.59. The third kappa shape index (κ3) is 3.73. The molecule has 2 aromatic heterocycles. The number of amides is 3. The predicted molar refractivity (Wildman–Crippen MR) is 96.9 cm³/mol. The SMILES string of the molecule is CC[C@@H](C)NC(=O)NC(=O)Cn1cnc2sc3c(c2c1=O)CCCC3. The van der Waals surface area contributed by atoms with Crippen molar-refractivity contribution in [2.45, 2.75) is 58.5 Å². The van der Waals surface area contributed by atoms with Gasteiger partial charge in [-0.2, -0.15) is 0 Å². The van der Waals surface area contributed by atoms with Crippen molar-refractivity contribution in [3.8, 4) is 0 Å². The molecule has 8 heteroatoms. The molecule has 0 aromatic carbocycles. The van der Waals surface area contributed by atoms with Crippen LogP contribution in [0.5, 0.6) is 0 Å². The number of rotatable bonds is 4. The zero-order valence-electron chi connectivity index (χ0n) is 14.4. The molecule has 2 N–H and O–H groups in total. The van der Waals surface area contributed by atoms with Crippen LogP contribution in [0.4, 0.5) is 4.79 Å². The van der Waals surface area contributed by atoms with E-state index in [4.69, 9.17) is 0 Å². The number of fused-ring (bicyclic) bond motifs is 3. The van der Waals surface area contributed by atoms with Gasteiger partial charge in [0.25, 0.3) is 5.56 Å². The molecule has 0 bridgehead atoms. The maximum absolute atomic E-state index is 12.8. The largest absolute Gasteiger partial charge is 0.335 e. The Bertz CT molecular complexity index is 871. The van der Waals surface area contributed by atoms with Crippen molar-refractivity contribution in [2.24, 2.45) is 0 Å². The molecular formula is C17H22N4O3S. The lowest BCUT2D eigenvalue weighted by Gasteiger charge is -2.12. The summed E-state index contributed by atoms with van der Waals surface area (Å²) in [6, 6.07) is -0.569. The topological polar surface area (TPSA) is 93.1 Å². The lowest BCUT2D eigenvalue weighted by atomic mass is 9.97. The van der Waals surface area contributed by atoms with Crippen LogP contribution >= 0.6 is 11.3 Å². The fourth-order valence-corrected chi connectivity index (χ4v) is 4.20. The number of imide groups is 1. The van der Waals surface area contributed by atoms with E-state index in [1.54, 1.807) is 11.3 Å². The molecule has 0 saturated carbocycles. The summed E-state index contributed by atoms with van der Waals surface area (Å²) in [7, 11) is 0. The Hall–Kier alpha value is -2.22. The molecule has 0 unspecified atom stereocenters. The summed E-state index contributed by atoms with van der Waals surface area (Å²) < 4.78 is 1.27. The molecule has 3 amide bonds. The van der Waals surface area contributed by atoms with Crippen molar-refractivity contribution >= 4 is 33.5 Å². The van der Waals surface area contributed by atoms with Gasteiger partial charge in [0.2, 0.25) is 5.91 Å². The molecule has 0 aliphatic heterocycles. The van der Waals surface area contributed by atoms with E-state index in [1.165, 1.54) is 15.8 Å². The van der Waals surface area contributed by atoms with Crippen LogP contribution in [0, 0.1) is 0 Å². The average molecular weight is 362 g/mol. The first-order chi connectivity index (χ1) is 12.0. The number of nitrogens with one attached hydrogen (secondary N) is 2. The summed E-state index contributed by atoms with van der Waals surface area (Å²) >= 11 is 1.57. The van der Waals surface area contributed by atoms with Gasteiger partial charge in [0, 0.05) is 10.9 Å². The van der Waals surface area contributed by atoms with Gasteiger partial charge >= 0.3 is 6.03 Å². The van der Waals surface area contributed by atoms with Crippen LogP contribution in [0.1, 0.15) is 43.6 Å². The van der Waals surface area contributed by atoms with Crippen molar-refractivity contribution in [1.29, 1.82) is 0 Å². The molecule has 0 spiro atoms. The molecule has 1 aliphatic rings. The molecule has 7 nitrogen and oxygen atoms in total. The Morgan fingerprint density at radius 3 is 2.88 bits per heavy atom. The Labute approximate surface area is 149 Å². The summed E-state index contributed by atoms with van der Waals surface area (Å²) in [6.45, 7) is 3.57. The number of aryl methyl sites for hydroxylation is 2. The number of aromatic nitrogens is 2. The number of carbonyl (C=O) groups excluding carboxylic acids is 2. The minimum atomic E-state index is -0.547. The first kappa shape index (κ1) is 17.6. The van der Waals surface area contributed by atoms with Crippen molar-refractivity contribution in [2.75, 3.05) is 0 Å². The summed E-state index contributed by atoms with van der Waals surface area (Å²) in [6.07, 6.45) is 6.25. The number of urea groups is 1. The summed E-state index contributed by atoms with van der Waals surface area (Å²) in [4.78, 5) is 42.8. The minimum absolute atomic E-state index is 0.0223. The zero-order valence-corrected chi connectivity index (χ0v) is 15.2. The van der Waals surface area contributed by atoms with Gasteiger partial charge in [-0.05, 0) is 44.6 Å². The standard InChI is InChI=1S/C17H22N4O3S/c1-3-10(2)19-17(24)20-13(22)8-21-9-18-15-14(16(21)23)11-6-4-5-7-12(11)25-15/h9-10H,3-8H2,1-2H3,(H2,19,20,22,24)/t10-/m1/s1. The van der Waals surface area contributed by atoms with E-state index in [0.29, 0.717) is 5.39 Å². The molecule has 0 radical (unpaired) electrons. The number of nitrogens with zero attached hydrogens (tertiary/aromatic N) is 2. The van der Waals surface area contributed by atoms with Gasteiger partial charge in [0.1, 0.15) is 11.4 Å². The molecule has 3 rings (SSSR count). The van der Waals surface area contributed by atoms with Gasteiger partial charge in [0.15, 0.2) is 0 Å². The van der Waals surface area contributed by atoms with Crippen LogP contribution in [0.2, 0.25) is 0 Å². The van der Waals surface area contributed by atoms with Crippen LogP contribution in [0.25, 0.3) is 10.2 Å².